The minimum absolute atomic E-state index is 0.0598. The maximum absolute atomic E-state index is 11.7. The molecule has 1 rings (SSSR count). The van der Waals surface area contributed by atoms with E-state index in [9.17, 15) is 4.79 Å². The Bertz CT molecular complexity index is 449. The van der Waals surface area contributed by atoms with E-state index in [1.165, 1.54) is 7.11 Å². The van der Waals surface area contributed by atoms with Crippen molar-refractivity contribution in [3.8, 4) is 5.75 Å². The summed E-state index contributed by atoms with van der Waals surface area (Å²) in [4.78, 5) is 11.7. The Hall–Kier alpha value is -1.55. The molecule has 0 heterocycles. The van der Waals surface area contributed by atoms with E-state index in [-0.39, 0.29) is 11.4 Å². The molecule has 0 aliphatic heterocycles. The molecule has 4 heteroatoms. The molecule has 0 aliphatic carbocycles. The zero-order chi connectivity index (χ0) is 14.6. The number of carbonyl (C=O) groups excluding carboxylic acids is 1. The van der Waals surface area contributed by atoms with Gasteiger partial charge in [-0.2, -0.15) is 0 Å². The molecule has 1 atom stereocenters. The first-order valence-electron chi connectivity index (χ1n) is 6.28. The van der Waals surface area contributed by atoms with E-state index in [4.69, 9.17) is 9.47 Å². The molecule has 0 aromatic heterocycles. The molecule has 1 N–H and O–H groups in total. The quantitative estimate of drug-likeness (QED) is 0.849. The second kappa shape index (κ2) is 6.06. The highest BCUT2D eigenvalue weighted by atomic mass is 16.5. The number of carbonyl (C=O) groups is 1. The fourth-order valence-corrected chi connectivity index (χ4v) is 2.03. The van der Waals surface area contributed by atoms with Gasteiger partial charge < -0.3 is 14.8 Å². The van der Waals surface area contributed by atoms with Crippen molar-refractivity contribution in [1.29, 1.82) is 0 Å². The molecule has 0 radical (unpaired) electrons. The van der Waals surface area contributed by atoms with Crippen LogP contribution in [0.25, 0.3) is 0 Å². The van der Waals surface area contributed by atoms with Gasteiger partial charge in [-0.05, 0) is 35.7 Å². The molecule has 0 amide bonds. The average molecular weight is 265 g/mol. The maximum atomic E-state index is 11.7. The van der Waals surface area contributed by atoms with Crippen LogP contribution in [0.4, 0.5) is 0 Å². The number of hydrogen-bond acceptors (Lipinski definition) is 4. The molecule has 4 nitrogen and oxygen atoms in total. The zero-order valence-corrected chi connectivity index (χ0v) is 12.5. The summed E-state index contributed by atoms with van der Waals surface area (Å²) in [6.07, 6.45) is 0. The van der Waals surface area contributed by atoms with Crippen molar-refractivity contribution >= 4 is 5.97 Å². The Morgan fingerprint density at radius 3 is 2.32 bits per heavy atom. The topological polar surface area (TPSA) is 47.6 Å². The number of methoxy groups -OCH3 is 2. The largest absolute Gasteiger partial charge is 0.496 e. The smallest absolute Gasteiger partial charge is 0.327 e. The summed E-state index contributed by atoms with van der Waals surface area (Å²) < 4.78 is 10.2. The first-order chi connectivity index (χ1) is 8.85. The summed E-state index contributed by atoms with van der Waals surface area (Å²) >= 11 is 0. The van der Waals surface area contributed by atoms with Gasteiger partial charge in [-0.3, -0.25) is 0 Å². The van der Waals surface area contributed by atoms with Crippen molar-refractivity contribution in [2.24, 2.45) is 0 Å². The zero-order valence-electron chi connectivity index (χ0n) is 12.5. The average Bonchev–Trinajstić information content (AvgIpc) is 2.38. The number of benzene rings is 1. The molecule has 19 heavy (non-hydrogen) atoms. The van der Waals surface area contributed by atoms with Crippen molar-refractivity contribution < 1.29 is 14.3 Å². The van der Waals surface area contributed by atoms with Crippen LogP contribution in [0.3, 0.4) is 0 Å². The van der Waals surface area contributed by atoms with Crippen molar-refractivity contribution in [2.45, 2.75) is 32.2 Å². The lowest BCUT2D eigenvalue weighted by molar-refractivity contribution is -0.143. The Labute approximate surface area is 115 Å². The summed E-state index contributed by atoms with van der Waals surface area (Å²) in [5.41, 5.74) is 1.88. The molecule has 0 saturated carbocycles. The van der Waals surface area contributed by atoms with Crippen molar-refractivity contribution in [3.05, 3.63) is 29.3 Å². The monoisotopic (exact) mass is 265 g/mol. The van der Waals surface area contributed by atoms with Gasteiger partial charge in [0.25, 0.3) is 0 Å². The van der Waals surface area contributed by atoms with Crippen LogP contribution in [0.15, 0.2) is 18.2 Å². The number of esters is 1. The van der Waals surface area contributed by atoms with Gasteiger partial charge in [0, 0.05) is 0 Å². The van der Waals surface area contributed by atoms with Crippen LogP contribution in [-0.4, -0.2) is 27.2 Å². The lowest BCUT2D eigenvalue weighted by Gasteiger charge is -2.24. The number of nitrogens with one attached hydrogen (secondary N) is 1. The first kappa shape index (κ1) is 15.5. The summed E-state index contributed by atoms with van der Waals surface area (Å²) in [5.74, 6) is 0.531. The predicted octanol–water partition coefficient (Wildman–Crippen LogP) is 2.43. The molecule has 1 aromatic carbocycles. The van der Waals surface area contributed by atoms with E-state index in [0.29, 0.717) is 0 Å². The minimum atomic E-state index is -0.461. The minimum Gasteiger partial charge on any atom is -0.496 e. The molecule has 106 valence electrons. The number of hydrogen-bond donors (Lipinski definition) is 1. The summed E-state index contributed by atoms with van der Waals surface area (Å²) in [7, 11) is 4.78. The van der Waals surface area contributed by atoms with Gasteiger partial charge in [-0.1, -0.05) is 26.8 Å². The SMILES string of the molecule is CNC(C(=O)OC)c1ccc(OC)c(C(C)(C)C)c1. The molecule has 0 saturated heterocycles. The van der Waals surface area contributed by atoms with E-state index in [1.807, 2.05) is 18.2 Å². The maximum Gasteiger partial charge on any atom is 0.327 e. The van der Waals surface area contributed by atoms with Crippen LogP contribution in [0, 0.1) is 0 Å². The Morgan fingerprint density at radius 2 is 1.89 bits per heavy atom. The fraction of sp³-hybridized carbons (Fsp3) is 0.533. The Balaban J connectivity index is 3.28. The molecule has 0 spiro atoms. The molecular formula is C15H23NO3. The summed E-state index contributed by atoms with van der Waals surface area (Å²) in [6.45, 7) is 6.34. The third kappa shape index (κ3) is 3.47. The van der Waals surface area contributed by atoms with Gasteiger partial charge in [0.05, 0.1) is 14.2 Å². The molecule has 0 aliphatic rings. The summed E-state index contributed by atoms with van der Waals surface area (Å²) in [6, 6.07) is 5.31. The van der Waals surface area contributed by atoms with Crippen molar-refractivity contribution in [1.82, 2.24) is 5.32 Å². The predicted molar refractivity (Wildman–Crippen MR) is 75.5 cm³/mol. The van der Waals surface area contributed by atoms with Gasteiger partial charge >= 0.3 is 5.97 Å². The highest BCUT2D eigenvalue weighted by Crippen LogP contribution is 2.33. The van der Waals surface area contributed by atoms with E-state index in [0.717, 1.165) is 16.9 Å². The third-order valence-corrected chi connectivity index (χ3v) is 3.09. The van der Waals surface area contributed by atoms with E-state index < -0.39 is 6.04 Å². The molecule has 1 unspecified atom stereocenters. The van der Waals surface area contributed by atoms with Gasteiger partial charge in [0.2, 0.25) is 0 Å². The highest BCUT2D eigenvalue weighted by molar-refractivity contribution is 5.77. The number of likely N-dealkylation sites (N-methyl/N-ethyl adjacent to an activating group) is 1. The Morgan fingerprint density at radius 1 is 1.26 bits per heavy atom. The lowest BCUT2D eigenvalue weighted by atomic mass is 9.84. The second-order valence-corrected chi connectivity index (χ2v) is 5.45. The van der Waals surface area contributed by atoms with Crippen LogP contribution >= 0.6 is 0 Å². The normalized spacial score (nSPS) is 12.9. The first-order valence-corrected chi connectivity index (χ1v) is 6.28. The number of ether oxygens (including phenoxy) is 2. The van der Waals surface area contributed by atoms with Crippen molar-refractivity contribution in [3.63, 3.8) is 0 Å². The van der Waals surface area contributed by atoms with Crippen LogP contribution in [-0.2, 0) is 14.9 Å². The molecule has 0 fully saturated rings. The summed E-state index contributed by atoms with van der Waals surface area (Å²) in [5, 5.41) is 2.97. The molecular weight excluding hydrogens is 242 g/mol. The molecule has 0 bridgehead atoms. The number of rotatable bonds is 4. The van der Waals surface area contributed by atoms with E-state index in [1.54, 1.807) is 14.2 Å². The molecule has 1 aromatic rings. The van der Waals surface area contributed by atoms with Gasteiger partial charge in [-0.25, -0.2) is 4.79 Å². The fourth-order valence-electron chi connectivity index (χ4n) is 2.03. The third-order valence-electron chi connectivity index (χ3n) is 3.09. The van der Waals surface area contributed by atoms with Gasteiger partial charge in [0.15, 0.2) is 0 Å². The second-order valence-electron chi connectivity index (χ2n) is 5.45. The van der Waals surface area contributed by atoms with E-state index in [2.05, 4.69) is 26.1 Å². The lowest BCUT2D eigenvalue weighted by Crippen LogP contribution is -2.27. The highest BCUT2D eigenvalue weighted by Gasteiger charge is 2.24. The van der Waals surface area contributed by atoms with Gasteiger partial charge in [-0.15, -0.1) is 0 Å². The van der Waals surface area contributed by atoms with Crippen LogP contribution in [0.2, 0.25) is 0 Å². The van der Waals surface area contributed by atoms with Crippen molar-refractivity contribution in [2.75, 3.05) is 21.3 Å². The van der Waals surface area contributed by atoms with Gasteiger partial charge in [0.1, 0.15) is 11.8 Å². The van der Waals surface area contributed by atoms with Crippen LogP contribution in [0.1, 0.15) is 37.9 Å². The Kier molecular flexibility index (Phi) is 4.95. The standard InChI is InChI=1S/C15H23NO3/c1-15(2,3)11-9-10(7-8-12(11)18-5)13(16-4)14(17)19-6/h7-9,13,16H,1-6H3. The van der Waals surface area contributed by atoms with E-state index >= 15 is 0 Å². The van der Waals surface area contributed by atoms with Crippen LogP contribution < -0.4 is 10.1 Å². The van der Waals surface area contributed by atoms with Crippen LogP contribution in [0.5, 0.6) is 5.75 Å².